The molecule has 0 aromatic rings. The Morgan fingerprint density at radius 1 is 1.44 bits per heavy atom. The van der Waals surface area contributed by atoms with Gasteiger partial charge in [-0.15, -0.1) is 0 Å². The summed E-state index contributed by atoms with van der Waals surface area (Å²) in [5.41, 5.74) is 6.12. The van der Waals surface area contributed by atoms with E-state index in [9.17, 15) is 0 Å². The molecule has 1 saturated carbocycles. The number of thioether (sulfide) groups is 1. The summed E-state index contributed by atoms with van der Waals surface area (Å²) in [4.78, 5) is 5.07. The lowest BCUT2D eigenvalue weighted by Gasteiger charge is -2.52. The molecule has 0 radical (unpaired) electrons. The van der Waals surface area contributed by atoms with Gasteiger partial charge in [0.1, 0.15) is 0 Å². The van der Waals surface area contributed by atoms with Gasteiger partial charge in [0.25, 0.3) is 0 Å². The van der Waals surface area contributed by atoms with Crippen molar-refractivity contribution in [2.75, 3.05) is 40.0 Å². The number of likely N-dealkylation sites (tertiary alicyclic amines) is 1. The van der Waals surface area contributed by atoms with Gasteiger partial charge in [0.05, 0.1) is 0 Å². The molecule has 0 aromatic carbocycles. The van der Waals surface area contributed by atoms with Crippen LogP contribution in [0.5, 0.6) is 0 Å². The van der Waals surface area contributed by atoms with Crippen molar-refractivity contribution < 1.29 is 0 Å². The molecule has 0 spiro atoms. The molecule has 1 heterocycles. The van der Waals surface area contributed by atoms with E-state index in [2.05, 4.69) is 30.2 Å². The van der Waals surface area contributed by atoms with Gasteiger partial charge in [-0.25, -0.2) is 0 Å². The molecular formula is C14H29N3S. The van der Waals surface area contributed by atoms with Gasteiger partial charge in [-0.05, 0) is 52.6 Å². The minimum absolute atomic E-state index is 0.444. The monoisotopic (exact) mass is 271 g/mol. The van der Waals surface area contributed by atoms with Crippen LogP contribution in [-0.2, 0) is 0 Å². The molecule has 0 aromatic heterocycles. The molecule has 1 aliphatic carbocycles. The van der Waals surface area contributed by atoms with E-state index in [0.717, 1.165) is 6.54 Å². The van der Waals surface area contributed by atoms with Crippen LogP contribution in [0.2, 0.25) is 0 Å². The number of nitrogens with two attached hydrogens (primary N) is 1. The quantitative estimate of drug-likeness (QED) is 0.824. The van der Waals surface area contributed by atoms with Crippen LogP contribution >= 0.6 is 11.8 Å². The third-order valence-electron chi connectivity index (χ3n) is 5.10. The van der Waals surface area contributed by atoms with Gasteiger partial charge in [0.2, 0.25) is 0 Å². The Morgan fingerprint density at radius 3 is 2.61 bits per heavy atom. The molecule has 106 valence electrons. The van der Waals surface area contributed by atoms with Crippen molar-refractivity contribution in [3.8, 4) is 0 Å². The summed E-state index contributed by atoms with van der Waals surface area (Å²) in [5.74, 6) is 0. The third kappa shape index (κ3) is 2.72. The van der Waals surface area contributed by atoms with Gasteiger partial charge in [-0.3, -0.25) is 4.90 Å². The summed E-state index contributed by atoms with van der Waals surface area (Å²) >= 11 is 2.05. The van der Waals surface area contributed by atoms with Crippen LogP contribution in [0.15, 0.2) is 0 Å². The summed E-state index contributed by atoms with van der Waals surface area (Å²) < 4.78 is 0.444. The third-order valence-corrected chi connectivity index (χ3v) is 6.60. The highest BCUT2D eigenvalue weighted by Gasteiger charge is 2.46. The maximum Gasteiger partial charge on any atom is 0.0365 e. The molecule has 2 aliphatic rings. The van der Waals surface area contributed by atoms with Crippen molar-refractivity contribution in [2.45, 2.75) is 48.9 Å². The van der Waals surface area contributed by atoms with Gasteiger partial charge < -0.3 is 10.6 Å². The second kappa shape index (κ2) is 6.12. The Morgan fingerprint density at radius 2 is 2.17 bits per heavy atom. The lowest BCUT2D eigenvalue weighted by atomic mass is 9.77. The highest BCUT2D eigenvalue weighted by atomic mass is 32.2. The number of likely N-dealkylation sites (N-methyl/N-ethyl adjacent to an activating group) is 2. The van der Waals surface area contributed by atoms with Crippen molar-refractivity contribution in [1.82, 2.24) is 9.80 Å². The maximum atomic E-state index is 6.12. The fourth-order valence-electron chi connectivity index (χ4n) is 3.68. The van der Waals surface area contributed by atoms with Crippen LogP contribution in [-0.4, -0.2) is 66.6 Å². The van der Waals surface area contributed by atoms with Crippen molar-refractivity contribution >= 4 is 11.8 Å². The highest BCUT2D eigenvalue weighted by molar-refractivity contribution is 8.00. The molecule has 2 unspecified atom stereocenters. The van der Waals surface area contributed by atoms with Crippen LogP contribution in [0, 0.1) is 0 Å². The van der Waals surface area contributed by atoms with E-state index in [1.165, 1.54) is 45.2 Å². The van der Waals surface area contributed by atoms with Gasteiger partial charge >= 0.3 is 0 Å². The van der Waals surface area contributed by atoms with E-state index in [0.29, 0.717) is 16.8 Å². The van der Waals surface area contributed by atoms with Crippen LogP contribution < -0.4 is 5.73 Å². The maximum absolute atomic E-state index is 6.12. The molecule has 18 heavy (non-hydrogen) atoms. The van der Waals surface area contributed by atoms with Crippen molar-refractivity contribution in [3.05, 3.63) is 0 Å². The Labute approximate surface area is 116 Å². The number of piperidine rings is 1. The Kier molecular flexibility index (Phi) is 4.98. The summed E-state index contributed by atoms with van der Waals surface area (Å²) in [5, 5.41) is 0. The summed E-state index contributed by atoms with van der Waals surface area (Å²) in [7, 11) is 4.54. The number of hydrogen-bond donors (Lipinski definition) is 1. The minimum atomic E-state index is 0.444. The van der Waals surface area contributed by atoms with Crippen LogP contribution in [0.1, 0.15) is 32.1 Å². The van der Waals surface area contributed by atoms with E-state index in [-0.39, 0.29) is 0 Å². The van der Waals surface area contributed by atoms with Crippen LogP contribution in [0.4, 0.5) is 0 Å². The second-order valence-corrected chi connectivity index (χ2v) is 7.32. The Balaban J connectivity index is 2.02. The first-order valence-corrected chi connectivity index (χ1v) is 8.51. The molecule has 3 nitrogen and oxygen atoms in total. The van der Waals surface area contributed by atoms with Crippen LogP contribution in [0.3, 0.4) is 0 Å². The minimum Gasteiger partial charge on any atom is -0.329 e. The van der Waals surface area contributed by atoms with Crippen molar-refractivity contribution in [3.63, 3.8) is 0 Å². The van der Waals surface area contributed by atoms with E-state index in [1.807, 2.05) is 11.8 Å². The number of hydrogen-bond acceptors (Lipinski definition) is 4. The van der Waals surface area contributed by atoms with Gasteiger partial charge in [0, 0.05) is 29.9 Å². The average Bonchev–Trinajstić information content (AvgIpc) is 2.33. The normalized spacial score (nSPS) is 30.2. The van der Waals surface area contributed by atoms with Crippen LogP contribution in [0.25, 0.3) is 0 Å². The molecule has 1 aliphatic heterocycles. The van der Waals surface area contributed by atoms with E-state index in [1.54, 1.807) is 0 Å². The lowest BCUT2D eigenvalue weighted by molar-refractivity contribution is 0.0659. The topological polar surface area (TPSA) is 32.5 Å². The second-order valence-electron chi connectivity index (χ2n) is 6.10. The summed E-state index contributed by atoms with van der Waals surface area (Å²) in [6.07, 6.45) is 9.02. The molecule has 2 N–H and O–H groups in total. The molecule has 0 bridgehead atoms. The van der Waals surface area contributed by atoms with Gasteiger partial charge in [-0.1, -0.05) is 6.42 Å². The van der Waals surface area contributed by atoms with Gasteiger partial charge in [0.15, 0.2) is 0 Å². The average molecular weight is 271 g/mol. The zero-order valence-corrected chi connectivity index (χ0v) is 13.0. The molecule has 2 fully saturated rings. The Bertz CT molecular complexity index is 262. The molecular weight excluding hydrogens is 242 g/mol. The van der Waals surface area contributed by atoms with E-state index >= 15 is 0 Å². The lowest BCUT2D eigenvalue weighted by Crippen LogP contribution is -2.61. The smallest absolute Gasteiger partial charge is 0.0365 e. The summed E-state index contributed by atoms with van der Waals surface area (Å²) in [6, 6.07) is 1.25. The van der Waals surface area contributed by atoms with E-state index in [4.69, 9.17) is 5.73 Å². The highest BCUT2D eigenvalue weighted by Crippen LogP contribution is 2.47. The number of nitrogens with zero attached hydrogens (tertiary/aromatic N) is 2. The molecule has 1 saturated heterocycles. The molecule has 0 amide bonds. The molecule has 4 heteroatoms. The molecule has 2 rings (SSSR count). The first-order chi connectivity index (χ1) is 8.63. The zero-order chi connectivity index (χ0) is 13.2. The van der Waals surface area contributed by atoms with Crippen molar-refractivity contribution in [2.24, 2.45) is 5.73 Å². The Hall–Kier alpha value is 0.230. The first kappa shape index (κ1) is 14.6. The SMILES string of the molecule is CSC1(C(CN)N(C)C2CCCN(C)C2)CCC1. The largest absolute Gasteiger partial charge is 0.329 e. The summed E-state index contributed by atoms with van der Waals surface area (Å²) in [6.45, 7) is 3.26. The van der Waals surface area contributed by atoms with Crippen molar-refractivity contribution in [1.29, 1.82) is 0 Å². The van der Waals surface area contributed by atoms with E-state index < -0.39 is 0 Å². The fourth-order valence-corrected chi connectivity index (χ4v) is 4.91. The fraction of sp³-hybridized carbons (Fsp3) is 1.00. The predicted octanol–water partition coefficient (Wildman–Crippen LogP) is 1.63. The first-order valence-electron chi connectivity index (χ1n) is 7.28. The zero-order valence-electron chi connectivity index (χ0n) is 12.2. The number of rotatable bonds is 5. The predicted molar refractivity (Wildman–Crippen MR) is 81.2 cm³/mol. The standard InChI is InChI=1S/C14H29N3S/c1-16-9-4-6-12(11-16)17(2)13(10-15)14(18-3)7-5-8-14/h12-13H,4-11,15H2,1-3H3. The van der Waals surface area contributed by atoms with Gasteiger partial charge in [-0.2, -0.15) is 11.8 Å². The molecule has 2 atom stereocenters.